The summed E-state index contributed by atoms with van der Waals surface area (Å²) in [5, 5.41) is 0.582. The van der Waals surface area contributed by atoms with Crippen molar-refractivity contribution in [3.63, 3.8) is 0 Å². The Hall–Kier alpha value is -1.66. The number of fused-ring (bicyclic) bond motifs is 1. The first-order chi connectivity index (χ1) is 11.8. The number of halogens is 1. The second kappa shape index (κ2) is 6.92. The molecule has 1 unspecified atom stereocenters. The molecule has 3 rings (SSSR count). The number of hydrogen-bond donors (Lipinski definition) is 0. The predicted molar refractivity (Wildman–Crippen MR) is 98.8 cm³/mol. The lowest BCUT2D eigenvalue weighted by Gasteiger charge is -2.18. The van der Waals surface area contributed by atoms with Crippen LogP contribution in [0.4, 0.5) is 0 Å². The topological polar surface area (TPSA) is 71.7 Å². The molecule has 9 heteroatoms. The number of nitrogens with zero attached hydrogens (tertiary/aromatic N) is 3. The molecule has 0 aliphatic carbocycles. The van der Waals surface area contributed by atoms with Gasteiger partial charge in [-0.15, -0.1) is 6.42 Å². The van der Waals surface area contributed by atoms with Crippen molar-refractivity contribution < 1.29 is 13.2 Å². The van der Waals surface area contributed by atoms with Crippen LogP contribution in [0.5, 0.6) is 0 Å². The Kier molecular flexibility index (Phi) is 5.02. The highest BCUT2D eigenvalue weighted by atomic mass is 35.5. The fraction of sp³-hybridized carbons (Fsp3) is 0.375. The Labute approximate surface area is 154 Å². The molecule has 1 aliphatic heterocycles. The molecule has 0 saturated carbocycles. The highest BCUT2D eigenvalue weighted by molar-refractivity contribution is 7.88. The Morgan fingerprint density at radius 1 is 1.52 bits per heavy atom. The van der Waals surface area contributed by atoms with Gasteiger partial charge in [0.1, 0.15) is 6.04 Å². The van der Waals surface area contributed by atoms with E-state index >= 15 is 0 Å². The van der Waals surface area contributed by atoms with Crippen molar-refractivity contribution in [1.29, 1.82) is 0 Å². The van der Waals surface area contributed by atoms with Gasteiger partial charge in [-0.25, -0.2) is 8.42 Å². The normalized spacial score (nSPS) is 19.4. The monoisotopic (exact) mass is 397 g/mol. The average Bonchev–Trinajstić information content (AvgIpc) is 3.13. The van der Waals surface area contributed by atoms with Crippen LogP contribution in [0.1, 0.15) is 12.8 Å². The van der Waals surface area contributed by atoms with Crippen LogP contribution in [0.25, 0.3) is 10.2 Å². The van der Waals surface area contributed by atoms with E-state index in [-0.39, 0.29) is 6.54 Å². The van der Waals surface area contributed by atoms with Gasteiger partial charge in [0, 0.05) is 11.6 Å². The molecule has 1 aromatic heterocycles. The summed E-state index contributed by atoms with van der Waals surface area (Å²) in [4.78, 5) is 17.2. The lowest BCUT2D eigenvalue weighted by Crippen LogP contribution is -2.39. The zero-order valence-electron chi connectivity index (χ0n) is 13.5. The van der Waals surface area contributed by atoms with E-state index in [9.17, 15) is 13.2 Å². The van der Waals surface area contributed by atoms with Gasteiger partial charge in [-0.1, -0.05) is 28.9 Å². The summed E-state index contributed by atoms with van der Waals surface area (Å²) < 4.78 is 27.5. The van der Waals surface area contributed by atoms with Crippen LogP contribution in [-0.4, -0.2) is 42.0 Å². The molecule has 132 valence electrons. The molecular weight excluding hydrogens is 382 g/mol. The Morgan fingerprint density at radius 3 is 2.96 bits per heavy atom. The zero-order valence-corrected chi connectivity index (χ0v) is 15.9. The molecule has 1 atom stereocenters. The number of amides is 1. The quantitative estimate of drug-likeness (QED) is 0.742. The molecule has 1 aliphatic rings. The molecule has 0 spiro atoms. The van der Waals surface area contributed by atoms with Crippen LogP contribution in [0.3, 0.4) is 0 Å². The summed E-state index contributed by atoms with van der Waals surface area (Å²) in [7, 11) is -3.44. The summed E-state index contributed by atoms with van der Waals surface area (Å²) >= 11 is 7.32. The lowest BCUT2D eigenvalue weighted by atomic mass is 10.2. The van der Waals surface area contributed by atoms with E-state index in [1.807, 2.05) is 6.07 Å². The standard InChI is InChI=1S/C16H16ClN3O3S2/c1-3-8-19-12-7-6-11(17)10-14(12)24-16(19)18-15(21)13-5-4-9-20(13)25(2,22)23/h1,6-7,10,13H,4-5,8-9H2,2H3. The summed E-state index contributed by atoms with van der Waals surface area (Å²) in [5.41, 5.74) is 0.838. The molecule has 0 N–H and O–H groups in total. The first-order valence-corrected chi connectivity index (χ1v) is 10.6. The number of aromatic nitrogens is 1. The van der Waals surface area contributed by atoms with Gasteiger partial charge in [0.05, 0.1) is 23.0 Å². The fourth-order valence-corrected chi connectivity index (χ4v) is 5.36. The Balaban J connectivity index is 2.07. The van der Waals surface area contributed by atoms with Crippen LogP contribution in [0, 0.1) is 12.3 Å². The van der Waals surface area contributed by atoms with E-state index in [4.69, 9.17) is 18.0 Å². The second-order valence-electron chi connectivity index (χ2n) is 5.77. The third-order valence-corrected chi connectivity index (χ3v) is 6.58. The summed E-state index contributed by atoms with van der Waals surface area (Å²) in [6, 6.07) is 4.62. The number of thiazole rings is 1. The van der Waals surface area contributed by atoms with Gasteiger partial charge < -0.3 is 4.57 Å². The van der Waals surface area contributed by atoms with Gasteiger partial charge in [0.25, 0.3) is 5.91 Å². The van der Waals surface area contributed by atoms with E-state index in [1.54, 1.807) is 16.7 Å². The molecule has 25 heavy (non-hydrogen) atoms. The number of sulfonamides is 1. The van der Waals surface area contributed by atoms with Crippen molar-refractivity contribution in [3.05, 3.63) is 28.0 Å². The molecule has 0 radical (unpaired) electrons. The highest BCUT2D eigenvalue weighted by Gasteiger charge is 2.36. The van der Waals surface area contributed by atoms with E-state index in [2.05, 4.69) is 10.9 Å². The minimum absolute atomic E-state index is 0.258. The minimum atomic E-state index is -3.44. The number of carbonyl (C=O) groups excluding carboxylic acids is 1. The summed E-state index contributed by atoms with van der Waals surface area (Å²) in [6.45, 7) is 0.603. The number of carbonyl (C=O) groups is 1. The number of terminal acetylenes is 1. The Morgan fingerprint density at radius 2 is 2.28 bits per heavy atom. The van der Waals surface area contributed by atoms with Gasteiger partial charge in [-0.2, -0.15) is 9.30 Å². The van der Waals surface area contributed by atoms with Crippen LogP contribution in [0.2, 0.25) is 5.02 Å². The fourth-order valence-electron chi connectivity index (χ4n) is 2.93. The van der Waals surface area contributed by atoms with E-state index in [0.29, 0.717) is 29.2 Å². The van der Waals surface area contributed by atoms with Crippen LogP contribution < -0.4 is 4.80 Å². The molecule has 2 aromatic rings. The van der Waals surface area contributed by atoms with Gasteiger partial charge in [-0.05, 0) is 31.0 Å². The van der Waals surface area contributed by atoms with Crippen molar-refractivity contribution in [3.8, 4) is 12.3 Å². The van der Waals surface area contributed by atoms with Crippen molar-refractivity contribution in [2.24, 2.45) is 4.99 Å². The maximum Gasteiger partial charge on any atom is 0.266 e. The average molecular weight is 398 g/mol. The van der Waals surface area contributed by atoms with Crippen LogP contribution in [-0.2, 0) is 21.4 Å². The van der Waals surface area contributed by atoms with Crippen LogP contribution >= 0.6 is 22.9 Å². The van der Waals surface area contributed by atoms with Gasteiger partial charge in [0.2, 0.25) is 10.0 Å². The molecule has 1 aromatic carbocycles. The van der Waals surface area contributed by atoms with E-state index < -0.39 is 22.0 Å². The molecule has 1 saturated heterocycles. The first-order valence-electron chi connectivity index (χ1n) is 7.59. The van der Waals surface area contributed by atoms with Crippen molar-refractivity contribution in [1.82, 2.24) is 8.87 Å². The maximum atomic E-state index is 12.6. The smallest absolute Gasteiger partial charge is 0.266 e. The first kappa shape index (κ1) is 18.1. The Bertz CT molecular complexity index is 1050. The van der Waals surface area contributed by atoms with Gasteiger partial charge in [0.15, 0.2) is 4.80 Å². The second-order valence-corrected chi connectivity index (χ2v) is 9.15. The highest BCUT2D eigenvalue weighted by Crippen LogP contribution is 2.23. The lowest BCUT2D eigenvalue weighted by molar-refractivity contribution is -0.121. The molecule has 1 amide bonds. The van der Waals surface area contributed by atoms with Crippen LogP contribution in [0.15, 0.2) is 23.2 Å². The summed E-state index contributed by atoms with van der Waals surface area (Å²) in [5.74, 6) is 2.09. The number of rotatable bonds is 3. The SMILES string of the molecule is C#CCn1c(=NC(=O)C2CCCN2S(C)(=O)=O)sc2cc(Cl)ccc21. The third-order valence-electron chi connectivity index (χ3n) is 4.01. The van der Waals surface area contributed by atoms with Crippen molar-refractivity contribution >= 4 is 49.1 Å². The molecule has 0 bridgehead atoms. The van der Waals surface area contributed by atoms with Crippen molar-refractivity contribution in [2.75, 3.05) is 12.8 Å². The maximum absolute atomic E-state index is 12.6. The summed E-state index contributed by atoms with van der Waals surface area (Å²) in [6.07, 6.45) is 7.66. The van der Waals surface area contributed by atoms with E-state index in [0.717, 1.165) is 16.5 Å². The number of hydrogen-bond acceptors (Lipinski definition) is 4. The molecular formula is C16H16ClN3O3S2. The molecule has 6 nitrogen and oxygen atoms in total. The van der Waals surface area contributed by atoms with E-state index in [1.165, 1.54) is 15.6 Å². The zero-order chi connectivity index (χ0) is 18.2. The number of benzene rings is 1. The third kappa shape index (κ3) is 3.65. The van der Waals surface area contributed by atoms with Crippen molar-refractivity contribution in [2.45, 2.75) is 25.4 Å². The molecule has 2 heterocycles. The minimum Gasteiger partial charge on any atom is -0.305 e. The predicted octanol–water partition coefficient (Wildman–Crippen LogP) is 1.84. The largest absolute Gasteiger partial charge is 0.305 e. The van der Waals surface area contributed by atoms with Gasteiger partial charge >= 0.3 is 0 Å². The molecule has 1 fully saturated rings. The van der Waals surface area contributed by atoms with Gasteiger partial charge in [-0.3, -0.25) is 4.79 Å².